The van der Waals surface area contributed by atoms with Crippen molar-refractivity contribution in [2.45, 2.75) is 25.9 Å². The summed E-state index contributed by atoms with van der Waals surface area (Å²) in [7, 11) is 0. The largest absolute Gasteiger partial charge is 0.389 e. The van der Waals surface area contributed by atoms with Crippen LogP contribution in [0.15, 0.2) is 0 Å². The summed E-state index contributed by atoms with van der Waals surface area (Å²) in [5.41, 5.74) is 0. The summed E-state index contributed by atoms with van der Waals surface area (Å²) in [4.78, 5) is 12.3. The molecule has 1 unspecified atom stereocenters. The number of alkyl halides is 3. The molecule has 1 aliphatic rings. The van der Waals surface area contributed by atoms with E-state index in [-0.39, 0.29) is 12.5 Å². The minimum atomic E-state index is -4.10. The predicted octanol–water partition coefficient (Wildman–Crippen LogP) is 1.81. The van der Waals surface area contributed by atoms with Gasteiger partial charge in [-0.05, 0) is 12.3 Å². The fraction of sp³-hybridized carbons (Fsp3) is 0.875. The van der Waals surface area contributed by atoms with Crippen LogP contribution < -0.4 is 0 Å². The number of halogens is 3. The van der Waals surface area contributed by atoms with Gasteiger partial charge in [0.25, 0.3) is 0 Å². The van der Waals surface area contributed by atoms with Crippen molar-refractivity contribution >= 4 is 5.91 Å². The summed E-state index contributed by atoms with van der Waals surface area (Å²) < 4.78 is 35.8. The molecule has 0 aromatic carbocycles. The lowest BCUT2D eigenvalue weighted by Crippen LogP contribution is -2.26. The van der Waals surface area contributed by atoms with Crippen molar-refractivity contribution in [2.75, 3.05) is 13.1 Å². The Labute approximate surface area is 74.7 Å². The summed E-state index contributed by atoms with van der Waals surface area (Å²) in [5, 5.41) is 0. The minimum Gasteiger partial charge on any atom is -0.343 e. The van der Waals surface area contributed by atoms with Crippen molar-refractivity contribution in [1.82, 2.24) is 4.90 Å². The fourth-order valence-corrected chi connectivity index (χ4v) is 1.61. The fourth-order valence-electron chi connectivity index (χ4n) is 1.61. The molecule has 0 N–H and O–H groups in total. The average molecular weight is 195 g/mol. The number of hydrogen-bond acceptors (Lipinski definition) is 1. The molecule has 0 spiro atoms. The van der Waals surface area contributed by atoms with Crippen molar-refractivity contribution in [2.24, 2.45) is 5.92 Å². The quantitative estimate of drug-likeness (QED) is 0.624. The van der Waals surface area contributed by atoms with E-state index in [1.54, 1.807) is 0 Å². The summed E-state index contributed by atoms with van der Waals surface area (Å²) in [5.74, 6) is -0.534. The third-order valence-electron chi connectivity index (χ3n) is 2.25. The van der Waals surface area contributed by atoms with Gasteiger partial charge in [-0.25, -0.2) is 0 Å². The van der Waals surface area contributed by atoms with Crippen LogP contribution in [-0.4, -0.2) is 30.1 Å². The molecular weight excluding hydrogens is 183 g/mol. The number of carbonyl (C=O) groups excluding carboxylic acids is 1. The highest BCUT2D eigenvalue weighted by atomic mass is 19.4. The molecule has 0 saturated carbocycles. The maximum atomic E-state index is 11.9. The van der Waals surface area contributed by atoms with Crippen LogP contribution >= 0.6 is 0 Å². The number of amides is 1. The molecule has 1 rings (SSSR count). The maximum Gasteiger partial charge on any atom is 0.389 e. The first kappa shape index (κ1) is 10.3. The van der Waals surface area contributed by atoms with Crippen LogP contribution in [0.1, 0.15) is 19.8 Å². The number of rotatable bonds is 1. The van der Waals surface area contributed by atoms with E-state index >= 15 is 0 Å². The number of nitrogens with zero attached hydrogens (tertiary/aromatic N) is 1. The van der Waals surface area contributed by atoms with Gasteiger partial charge in [-0.15, -0.1) is 0 Å². The smallest absolute Gasteiger partial charge is 0.343 e. The second-order valence-electron chi connectivity index (χ2n) is 3.44. The molecule has 13 heavy (non-hydrogen) atoms. The molecule has 0 bridgehead atoms. The van der Waals surface area contributed by atoms with Gasteiger partial charge >= 0.3 is 6.18 Å². The standard InChI is InChI=1S/C8H12F3NO/c1-6(13)12-3-2-7(5-12)4-8(9,10)11/h7H,2-5H2,1H3. The zero-order valence-corrected chi connectivity index (χ0v) is 7.40. The maximum absolute atomic E-state index is 11.9. The van der Waals surface area contributed by atoms with Crippen molar-refractivity contribution in [3.8, 4) is 0 Å². The van der Waals surface area contributed by atoms with Crippen LogP contribution in [0.5, 0.6) is 0 Å². The summed E-state index contributed by atoms with van der Waals surface area (Å²) >= 11 is 0. The average Bonchev–Trinajstić information content (AvgIpc) is 2.31. The lowest BCUT2D eigenvalue weighted by Gasteiger charge is -2.14. The predicted molar refractivity (Wildman–Crippen MR) is 41.0 cm³/mol. The molecule has 1 atom stereocenters. The monoisotopic (exact) mass is 195 g/mol. The molecule has 0 aromatic heterocycles. The molecule has 1 amide bonds. The molecular formula is C8H12F3NO. The number of likely N-dealkylation sites (tertiary alicyclic amines) is 1. The first-order valence-corrected chi connectivity index (χ1v) is 4.21. The zero-order valence-electron chi connectivity index (χ0n) is 7.40. The third-order valence-corrected chi connectivity index (χ3v) is 2.25. The van der Waals surface area contributed by atoms with Gasteiger partial charge in [0, 0.05) is 26.4 Å². The van der Waals surface area contributed by atoms with E-state index in [2.05, 4.69) is 0 Å². The Balaban J connectivity index is 2.38. The van der Waals surface area contributed by atoms with Crippen molar-refractivity contribution < 1.29 is 18.0 Å². The van der Waals surface area contributed by atoms with Crippen LogP contribution in [0.2, 0.25) is 0 Å². The van der Waals surface area contributed by atoms with Crippen LogP contribution in [-0.2, 0) is 4.79 Å². The highest BCUT2D eigenvalue weighted by molar-refractivity contribution is 5.73. The highest BCUT2D eigenvalue weighted by Crippen LogP contribution is 2.30. The zero-order chi connectivity index (χ0) is 10.1. The van der Waals surface area contributed by atoms with E-state index in [9.17, 15) is 18.0 Å². The Morgan fingerprint density at radius 3 is 2.54 bits per heavy atom. The van der Waals surface area contributed by atoms with E-state index in [4.69, 9.17) is 0 Å². The van der Waals surface area contributed by atoms with E-state index in [0.29, 0.717) is 13.0 Å². The second kappa shape index (κ2) is 3.55. The van der Waals surface area contributed by atoms with E-state index in [1.807, 2.05) is 0 Å². The van der Waals surface area contributed by atoms with Gasteiger partial charge in [0.15, 0.2) is 0 Å². The minimum absolute atomic E-state index is 0.135. The summed E-state index contributed by atoms with van der Waals surface area (Å²) in [6, 6.07) is 0. The SMILES string of the molecule is CC(=O)N1CCC(CC(F)(F)F)C1. The third kappa shape index (κ3) is 3.24. The van der Waals surface area contributed by atoms with Gasteiger partial charge in [-0.1, -0.05) is 0 Å². The first-order chi connectivity index (χ1) is 5.88. The van der Waals surface area contributed by atoms with Crippen molar-refractivity contribution in [3.63, 3.8) is 0 Å². The van der Waals surface area contributed by atoms with E-state index in [0.717, 1.165) is 0 Å². The van der Waals surface area contributed by atoms with Crippen LogP contribution in [0, 0.1) is 5.92 Å². The molecule has 0 radical (unpaired) electrons. The molecule has 5 heteroatoms. The molecule has 76 valence electrons. The van der Waals surface area contributed by atoms with Crippen molar-refractivity contribution in [1.29, 1.82) is 0 Å². The van der Waals surface area contributed by atoms with Gasteiger partial charge in [0.2, 0.25) is 5.91 Å². The second-order valence-corrected chi connectivity index (χ2v) is 3.44. The Morgan fingerprint density at radius 2 is 2.15 bits per heavy atom. The summed E-state index contributed by atoms with van der Waals surface area (Å²) in [6.07, 6.45) is -4.40. The molecule has 1 heterocycles. The van der Waals surface area contributed by atoms with Gasteiger partial charge in [0.05, 0.1) is 0 Å². The molecule has 1 fully saturated rings. The summed E-state index contributed by atoms with van der Waals surface area (Å²) in [6.45, 7) is 2.11. The number of carbonyl (C=O) groups is 1. The lowest BCUT2D eigenvalue weighted by molar-refractivity contribution is -0.144. The van der Waals surface area contributed by atoms with Crippen LogP contribution in [0.25, 0.3) is 0 Å². The van der Waals surface area contributed by atoms with Crippen LogP contribution in [0.4, 0.5) is 13.2 Å². The molecule has 1 aliphatic heterocycles. The first-order valence-electron chi connectivity index (χ1n) is 4.21. The van der Waals surface area contributed by atoms with E-state index < -0.39 is 18.5 Å². The van der Waals surface area contributed by atoms with Gasteiger partial charge in [0.1, 0.15) is 0 Å². The van der Waals surface area contributed by atoms with Crippen molar-refractivity contribution in [3.05, 3.63) is 0 Å². The Hall–Kier alpha value is -0.740. The van der Waals surface area contributed by atoms with Gasteiger partial charge < -0.3 is 4.90 Å². The van der Waals surface area contributed by atoms with Crippen LogP contribution in [0.3, 0.4) is 0 Å². The van der Waals surface area contributed by atoms with Gasteiger partial charge in [-0.2, -0.15) is 13.2 Å². The molecule has 0 aromatic rings. The molecule has 2 nitrogen and oxygen atoms in total. The lowest BCUT2D eigenvalue weighted by atomic mass is 10.1. The number of hydrogen-bond donors (Lipinski definition) is 0. The normalized spacial score (nSPS) is 23.7. The van der Waals surface area contributed by atoms with Gasteiger partial charge in [-0.3, -0.25) is 4.79 Å². The highest BCUT2D eigenvalue weighted by Gasteiger charge is 2.35. The topological polar surface area (TPSA) is 20.3 Å². The van der Waals surface area contributed by atoms with E-state index in [1.165, 1.54) is 11.8 Å². The Kier molecular flexibility index (Phi) is 2.83. The Morgan fingerprint density at radius 1 is 1.54 bits per heavy atom. The Bertz CT molecular complexity index is 202. The molecule has 0 aliphatic carbocycles. The molecule has 1 saturated heterocycles.